The first-order chi connectivity index (χ1) is 13.0. The van der Waals surface area contributed by atoms with Gasteiger partial charge in [0, 0.05) is 17.1 Å². The van der Waals surface area contributed by atoms with Crippen molar-refractivity contribution in [2.75, 3.05) is 0 Å². The van der Waals surface area contributed by atoms with Crippen LogP contribution in [-0.4, -0.2) is 22.3 Å². The van der Waals surface area contributed by atoms with Crippen LogP contribution in [0.25, 0.3) is 0 Å². The average molecular weight is 413 g/mol. The minimum atomic E-state index is -1.19. The van der Waals surface area contributed by atoms with Gasteiger partial charge in [-0.3, -0.25) is 10.1 Å². The van der Waals surface area contributed by atoms with E-state index in [-0.39, 0.29) is 11.3 Å². The molecule has 0 aliphatic carbocycles. The number of hydrogen-bond acceptors (Lipinski definition) is 4. The van der Waals surface area contributed by atoms with Crippen LogP contribution in [0.5, 0.6) is 0 Å². The largest absolute Gasteiger partial charge is 0.465 e. The molecule has 0 saturated carbocycles. The summed E-state index contributed by atoms with van der Waals surface area (Å²) < 4.78 is 27.6. The van der Waals surface area contributed by atoms with Crippen LogP contribution < -0.4 is 15.5 Å². The third kappa shape index (κ3) is 4.96. The monoisotopic (exact) mass is 413 g/mol. The maximum Gasteiger partial charge on any atom is 0.405 e. The van der Waals surface area contributed by atoms with E-state index in [0.717, 1.165) is 17.4 Å². The molecular weight excluding hydrogens is 388 g/mol. The summed E-state index contributed by atoms with van der Waals surface area (Å²) in [7, 11) is 0. The first-order valence-electron chi connectivity index (χ1n) is 8.88. The van der Waals surface area contributed by atoms with Gasteiger partial charge in [-0.2, -0.15) is 0 Å². The molecule has 9 heteroatoms. The zero-order valence-electron chi connectivity index (χ0n) is 16.2. The van der Waals surface area contributed by atoms with Crippen LogP contribution in [0.2, 0.25) is 0 Å². The molecular formula is C19H25F2N3O3S. The predicted molar refractivity (Wildman–Crippen MR) is 105 cm³/mol. The number of aromatic nitrogens is 1. The van der Waals surface area contributed by atoms with Gasteiger partial charge in [-0.25, -0.2) is 13.6 Å². The second-order valence-electron chi connectivity index (χ2n) is 7.71. The Kier molecular flexibility index (Phi) is 6.61. The third-order valence-electron chi connectivity index (χ3n) is 4.74. The van der Waals surface area contributed by atoms with Gasteiger partial charge >= 0.3 is 11.0 Å². The molecule has 0 fully saturated rings. The average Bonchev–Trinajstić information content (AvgIpc) is 2.97. The maximum atomic E-state index is 13.8. The Bertz CT molecular complexity index is 871. The van der Waals surface area contributed by atoms with E-state index in [0.29, 0.717) is 16.9 Å². The summed E-state index contributed by atoms with van der Waals surface area (Å²) in [5.74, 6) is -1.40. The molecule has 2 rings (SSSR count). The second-order valence-corrected chi connectivity index (χ2v) is 8.72. The standard InChI is InChI=1S/C19H25F2N3O3S/c1-5-15(23-16(25)26)24-19(18(2,3)4,14-10-22-17(27)28-14)9-11-6-12(20)8-13(21)7-11/h6-8,10,15,23-24H,5,9H2,1-4H3,(H,22,27)(H,25,26). The Hall–Kier alpha value is -2.26. The molecule has 0 radical (unpaired) electrons. The van der Waals surface area contributed by atoms with E-state index in [4.69, 9.17) is 5.11 Å². The molecule has 1 aromatic heterocycles. The number of hydrogen-bond donors (Lipinski definition) is 4. The number of thiazole rings is 1. The van der Waals surface area contributed by atoms with Gasteiger partial charge in [0.05, 0.1) is 11.7 Å². The molecule has 0 saturated heterocycles. The van der Waals surface area contributed by atoms with Crippen LogP contribution in [0, 0.1) is 17.0 Å². The Morgan fingerprint density at radius 1 is 1.25 bits per heavy atom. The van der Waals surface area contributed by atoms with Crippen LogP contribution in [0.15, 0.2) is 29.2 Å². The second kappa shape index (κ2) is 8.40. The Morgan fingerprint density at radius 3 is 2.29 bits per heavy atom. The van der Waals surface area contributed by atoms with Crippen LogP contribution in [0.1, 0.15) is 44.6 Å². The van der Waals surface area contributed by atoms with Crippen molar-refractivity contribution in [3.05, 3.63) is 56.1 Å². The minimum absolute atomic E-state index is 0.150. The van der Waals surface area contributed by atoms with Gasteiger partial charge in [0.2, 0.25) is 0 Å². The number of benzene rings is 1. The van der Waals surface area contributed by atoms with Gasteiger partial charge in [0.25, 0.3) is 0 Å². The molecule has 2 aromatic rings. The summed E-state index contributed by atoms with van der Waals surface area (Å²) in [6.45, 7) is 7.58. The molecule has 2 atom stereocenters. The molecule has 0 bridgehead atoms. The topological polar surface area (TPSA) is 94.2 Å². The predicted octanol–water partition coefficient (Wildman–Crippen LogP) is 3.79. The summed E-state index contributed by atoms with van der Waals surface area (Å²) in [6, 6.07) is 3.28. The normalized spacial score (nSPS) is 15.1. The molecule has 0 spiro atoms. The summed E-state index contributed by atoms with van der Waals surface area (Å²) >= 11 is 0.984. The van der Waals surface area contributed by atoms with Crippen molar-refractivity contribution >= 4 is 17.4 Å². The highest BCUT2D eigenvalue weighted by Crippen LogP contribution is 2.43. The SMILES string of the molecule is CCC(NC(=O)O)NC(Cc1cc(F)cc(F)c1)(c1c[nH]c(=O)s1)C(C)(C)C. The molecule has 4 N–H and O–H groups in total. The lowest BCUT2D eigenvalue weighted by Crippen LogP contribution is -2.60. The summed E-state index contributed by atoms with van der Waals surface area (Å²) in [4.78, 5) is 26.0. The molecule has 1 aromatic carbocycles. The van der Waals surface area contributed by atoms with Gasteiger partial charge in [-0.05, 0) is 36.0 Å². The van der Waals surface area contributed by atoms with Gasteiger partial charge < -0.3 is 15.4 Å². The highest BCUT2D eigenvalue weighted by molar-refractivity contribution is 7.09. The lowest BCUT2D eigenvalue weighted by Gasteiger charge is -2.47. The summed E-state index contributed by atoms with van der Waals surface area (Å²) in [6.07, 6.45) is 0.320. The van der Waals surface area contributed by atoms with E-state index in [9.17, 15) is 18.4 Å². The van der Waals surface area contributed by atoms with Gasteiger partial charge in [0.15, 0.2) is 0 Å². The summed E-state index contributed by atoms with van der Waals surface area (Å²) in [5, 5.41) is 14.9. The fourth-order valence-electron chi connectivity index (χ4n) is 3.26. The minimum Gasteiger partial charge on any atom is -0.465 e. The van der Waals surface area contributed by atoms with Crippen LogP contribution >= 0.6 is 11.3 Å². The Labute approximate surface area is 166 Å². The van der Waals surface area contributed by atoms with Crippen molar-refractivity contribution in [1.82, 2.24) is 15.6 Å². The van der Waals surface area contributed by atoms with Gasteiger partial charge in [-0.1, -0.05) is 39.0 Å². The number of rotatable bonds is 7. The van der Waals surface area contributed by atoms with Crippen LogP contribution in [0.3, 0.4) is 0 Å². The smallest absolute Gasteiger partial charge is 0.405 e. The van der Waals surface area contributed by atoms with Crippen molar-refractivity contribution in [1.29, 1.82) is 0 Å². The molecule has 6 nitrogen and oxygen atoms in total. The first kappa shape index (κ1) is 22.0. The molecule has 2 unspecified atom stereocenters. The fraction of sp³-hybridized carbons (Fsp3) is 0.474. The highest BCUT2D eigenvalue weighted by Gasteiger charge is 2.46. The zero-order valence-corrected chi connectivity index (χ0v) is 17.0. The van der Waals surface area contributed by atoms with E-state index in [1.807, 2.05) is 27.7 Å². The quantitative estimate of drug-likeness (QED) is 0.520. The zero-order chi connectivity index (χ0) is 21.1. The number of nitrogens with one attached hydrogen (secondary N) is 3. The molecule has 0 aliphatic rings. The van der Waals surface area contributed by atoms with E-state index >= 15 is 0 Å². The third-order valence-corrected chi connectivity index (χ3v) is 5.73. The van der Waals surface area contributed by atoms with Crippen molar-refractivity contribution in [2.24, 2.45) is 5.41 Å². The Balaban J connectivity index is 2.62. The highest BCUT2D eigenvalue weighted by atomic mass is 32.1. The molecule has 28 heavy (non-hydrogen) atoms. The molecule has 1 heterocycles. The number of H-pyrrole nitrogens is 1. The van der Waals surface area contributed by atoms with E-state index in [1.165, 1.54) is 12.1 Å². The number of carbonyl (C=O) groups is 1. The number of halogens is 2. The number of amides is 1. The Morgan fingerprint density at radius 2 is 1.86 bits per heavy atom. The van der Waals surface area contributed by atoms with Crippen LogP contribution in [0.4, 0.5) is 13.6 Å². The van der Waals surface area contributed by atoms with Crippen molar-refractivity contribution in [3.63, 3.8) is 0 Å². The molecule has 0 aliphatic heterocycles. The fourth-order valence-corrected chi connectivity index (χ4v) is 4.31. The van der Waals surface area contributed by atoms with Gasteiger partial charge in [-0.15, -0.1) is 0 Å². The van der Waals surface area contributed by atoms with Crippen LogP contribution in [-0.2, 0) is 12.0 Å². The van der Waals surface area contributed by atoms with E-state index in [2.05, 4.69) is 15.6 Å². The van der Waals surface area contributed by atoms with Gasteiger partial charge in [0.1, 0.15) is 11.6 Å². The van der Waals surface area contributed by atoms with E-state index in [1.54, 1.807) is 6.20 Å². The summed E-state index contributed by atoms with van der Waals surface area (Å²) in [5.41, 5.74) is -1.12. The van der Waals surface area contributed by atoms with Crippen molar-refractivity contribution < 1.29 is 18.7 Å². The number of aromatic amines is 1. The first-order valence-corrected chi connectivity index (χ1v) is 9.69. The van der Waals surface area contributed by atoms with Crippen molar-refractivity contribution in [3.8, 4) is 0 Å². The lowest BCUT2D eigenvalue weighted by atomic mass is 9.69. The maximum absolute atomic E-state index is 13.8. The lowest BCUT2D eigenvalue weighted by molar-refractivity contribution is 0.107. The molecule has 1 amide bonds. The number of carboxylic acid groups (broad SMARTS) is 1. The van der Waals surface area contributed by atoms with Crippen molar-refractivity contribution in [2.45, 2.75) is 52.2 Å². The van der Waals surface area contributed by atoms with E-state index < -0.39 is 34.8 Å². The molecule has 154 valence electrons.